The highest BCUT2D eigenvalue weighted by molar-refractivity contribution is 6.34. The maximum absolute atomic E-state index is 14.1. The van der Waals surface area contributed by atoms with Crippen LogP contribution in [-0.4, -0.2) is 41.0 Å². The lowest BCUT2D eigenvalue weighted by atomic mass is 10.00. The molecule has 208 valence electrons. The predicted octanol–water partition coefficient (Wildman–Crippen LogP) is 5.82. The Morgan fingerprint density at radius 3 is 2.17 bits per heavy atom. The van der Waals surface area contributed by atoms with Crippen molar-refractivity contribution in [3.05, 3.63) is 101 Å². The smallest absolute Gasteiger partial charge is 0.408 e. The van der Waals surface area contributed by atoms with Crippen LogP contribution in [0.4, 0.5) is 10.5 Å². The topological polar surface area (TPSA) is 112 Å². The maximum atomic E-state index is 14.1. The lowest BCUT2D eigenvalue weighted by Crippen LogP contribution is -2.53. The van der Waals surface area contributed by atoms with Crippen LogP contribution in [0, 0.1) is 18.3 Å². The molecule has 9 heteroatoms. The summed E-state index contributed by atoms with van der Waals surface area (Å²) in [5.41, 5.74) is 1.62. The number of amides is 3. The predicted molar refractivity (Wildman–Crippen MR) is 155 cm³/mol. The van der Waals surface area contributed by atoms with Crippen molar-refractivity contribution in [2.24, 2.45) is 0 Å². The molecule has 40 heavy (non-hydrogen) atoms. The van der Waals surface area contributed by atoms with Crippen molar-refractivity contribution in [1.29, 1.82) is 5.26 Å². The molecular weight excluding hydrogens is 528 g/mol. The summed E-state index contributed by atoms with van der Waals surface area (Å²) in [7, 11) is 0. The van der Waals surface area contributed by atoms with E-state index in [0.717, 1.165) is 11.1 Å². The van der Waals surface area contributed by atoms with Crippen LogP contribution in [-0.2, 0) is 20.7 Å². The molecule has 3 aromatic rings. The van der Waals surface area contributed by atoms with Gasteiger partial charge in [0.2, 0.25) is 5.91 Å². The van der Waals surface area contributed by atoms with Gasteiger partial charge in [-0.1, -0.05) is 84.4 Å². The Balaban J connectivity index is 2.03. The van der Waals surface area contributed by atoms with Crippen LogP contribution in [0.1, 0.15) is 43.5 Å². The number of rotatable bonds is 9. The summed E-state index contributed by atoms with van der Waals surface area (Å²) < 4.78 is 5.41. The number of nitrogens with zero attached hydrogens (tertiary/aromatic N) is 2. The van der Waals surface area contributed by atoms with E-state index in [1.807, 2.05) is 36.4 Å². The van der Waals surface area contributed by atoms with Crippen molar-refractivity contribution in [2.45, 2.75) is 51.8 Å². The highest BCUT2D eigenvalue weighted by atomic mass is 35.5. The number of carbonyl (C=O) groups excluding carboxylic acids is 3. The Labute approximate surface area is 239 Å². The molecule has 0 saturated carbocycles. The summed E-state index contributed by atoms with van der Waals surface area (Å²) in [6.07, 6.45) is -0.667. The van der Waals surface area contributed by atoms with E-state index >= 15 is 0 Å². The van der Waals surface area contributed by atoms with E-state index in [1.54, 1.807) is 76.2 Å². The van der Waals surface area contributed by atoms with Gasteiger partial charge < -0.3 is 20.3 Å². The van der Waals surface area contributed by atoms with E-state index in [0.29, 0.717) is 16.3 Å². The van der Waals surface area contributed by atoms with E-state index in [1.165, 1.54) is 4.90 Å². The normalized spacial score (nSPS) is 12.4. The molecule has 0 radical (unpaired) electrons. The third-order valence-corrected chi connectivity index (χ3v) is 6.26. The number of ether oxygens (including phenoxy) is 1. The lowest BCUT2D eigenvalue weighted by Gasteiger charge is -2.33. The van der Waals surface area contributed by atoms with E-state index in [4.69, 9.17) is 16.3 Å². The Morgan fingerprint density at radius 2 is 1.60 bits per heavy atom. The maximum Gasteiger partial charge on any atom is 0.408 e. The first-order valence-electron chi connectivity index (χ1n) is 12.8. The molecule has 0 aromatic heterocycles. The molecule has 2 N–H and O–H groups in total. The average Bonchev–Trinajstić information content (AvgIpc) is 2.90. The first kappa shape index (κ1) is 30.2. The van der Waals surface area contributed by atoms with Crippen molar-refractivity contribution in [3.8, 4) is 6.07 Å². The summed E-state index contributed by atoms with van der Waals surface area (Å²) >= 11 is 6.37. The van der Waals surface area contributed by atoms with Gasteiger partial charge >= 0.3 is 6.09 Å². The zero-order valence-corrected chi connectivity index (χ0v) is 23.7. The minimum atomic E-state index is -1.19. The molecular formula is C31H33ClN4O4. The highest BCUT2D eigenvalue weighted by Gasteiger charge is 2.36. The van der Waals surface area contributed by atoms with Crippen molar-refractivity contribution >= 4 is 35.2 Å². The van der Waals surface area contributed by atoms with Crippen LogP contribution in [0.5, 0.6) is 0 Å². The van der Waals surface area contributed by atoms with Crippen LogP contribution >= 0.6 is 11.6 Å². The highest BCUT2D eigenvalue weighted by Crippen LogP contribution is 2.29. The van der Waals surface area contributed by atoms with Gasteiger partial charge in [-0.25, -0.2) is 4.79 Å². The second kappa shape index (κ2) is 13.6. The number of hydrogen-bond donors (Lipinski definition) is 2. The fourth-order valence-electron chi connectivity index (χ4n) is 4.16. The number of alkyl carbamates (subject to hydrolysis) is 1. The second-order valence-corrected chi connectivity index (χ2v) is 10.7. The number of para-hydroxylation sites is 1. The number of anilines is 1. The van der Waals surface area contributed by atoms with Gasteiger partial charge in [-0.2, -0.15) is 5.26 Å². The molecule has 0 fully saturated rings. The number of benzene rings is 3. The van der Waals surface area contributed by atoms with Gasteiger partial charge in [-0.3, -0.25) is 9.59 Å². The van der Waals surface area contributed by atoms with Gasteiger partial charge in [-0.15, -0.1) is 0 Å². The van der Waals surface area contributed by atoms with Gasteiger partial charge in [-0.05, 0) is 50.5 Å². The second-order valence-electron chi connectivity index (χ2n) is 10.2. The molecule has 3 amide bonds. The number of halogens is 1. The quantitative estimate of drug-likeness (QED) is 0.320. The molecule has 0 spiro atoms. The van der Waals surface area contributed by atoms with Crippen molar-refractivity contribution in [1.82, 2.24) is 10.2 Å². The van der Waals surface area contributed by atoms with Crippen LogP contribution in [0.15, 0.2) is 78.9 Å². The minimum Gasteiger partial charge on any atom is -0.444 e. The SMILES string of the molecule is Cc1cccc(Cl)c1NC(=O)C(c1ccccc1)N(CC#N)C(=O)C(Cc1ccccc1)NC(=O)OC(C)(C)C. The third-order valence-electron chi connectivity index (χ3n) is 5.94. The van der Waals surface area contributed by atoms with E-state index in [-0.39, 0.29) is 6.42 Å². The molecule has 8 nitrogen and oxygen atoms in total. The molecule has 0 heterocycles. The molecule has 0 saturated heterocycles. The number of nitrogens with one attached hydrogen (secondary N) is 2. The Bertz CT molecular complexity index is 1350. The molecule has 2 unspecified atom stereocenters. The minimum absolute atomic E-state index is 0.119. The summed E-state index contributed by atoms with van der Waals surface area (Å²) in [4.78, 5) is 41.9. The number of aryl methyl sites for hydroxylation is 1. The van der Waals surface area contributed by atoms with Gasteiger partial charge in [0.1, 0.15) is 24.2 Å². The zero-order chi connectivity index (χ0) is 29.3. The Morgan fingerprint density at radius 1 is 0.975 bits per heavy atom. The standard InChI is InChI=1S/C31H33ClN4O4/c1-21-12-11-17-24(32)26(21)35-28(37)27(23-15-9-6-10-16-23)36(19-18-33)29(38)25(20-22-13-7-5-8-14-22)34-30(39)40-31(2,3)4/h5-17,25,27H,19-20H2,1-4H3,(H,34,39)(H,35,37). The summed E-state index contributed by atoms with van der Waals surface area (Å²) in [5.74, 6) is -1.17. The van der Waals surface area contributed by atoms with Gasteiger partial charge in [0, 0.05) is 6.42 Å². The molecule has 0 aliphatic heterocycles. The van der Waals surface area contributed by atoms with E-state index in [2.05, 4.69) is 10.6 Å². The van der Waals surface area contributed by atoms with Gasteiger partial charge in [0.05, 0.1) is 16.8 Å². The van der Waals surface area contributed by atoms with Crippen LogP contribution in [0.2, 0.25) is 5.02 Å². The summed E-state index contributed by atoms with van der Waals surface area (Å²) in [6, 6.07) is 22.7. The molecule has 3 aromatic carbocycles. The van der Waals surface area contributed by atoms with Gasteiger partial charge in [0.25, 0.3) is 5.91 Å². The van der Waals surface area contributed by atoms with Gasteiger partial charge in [0.15, 0.2) is 0 Å². The molecule has 2 atom stereocenters. The fraction of sp³-hybridized carbons (Fsp3) is 0.290. The summed E-state index contributed by atoms with van der Waals surface area (Å²) in [5, 5.41) is 15.6. The fourth-order valence-corrected chi connectivity index (χ4v) is 4.43. The van der Waals surface area contributed by atoms with Crippen LogP contribution in [0.25, 0.3) is 0 Å². The number of carbonyl (C=O) groups is 3. The number of hydrogen-bond acceptors (Lipinski definition) is 5. The van der Waals surface area contributed by atoms with E-state index in [9.17, 15) is 19.6 Å². The van der Waals surface area contributed by atoms with Crippen LogP contribution < -0.4 is 10.6 Å². The van der Waals surface area contributed by atoms with Crippen molar-refractivity contribution in [2.75, 3.05) is 11.9 Å². The van der Waals surface area contributed by atoms with Crippen molar-refractivity contribution in [3.63, 3.8) is 0 Å². The first-order chi connectivity index (χ1) is 19.0. The monoisotopic (exact) mass is 560 g/mol. The molecule has 0 aliphatic carbocycles. The van der Waals surface area contributed by atoms with Crippen molar-refractivity contribution < 1.29 is 19.1 Å². The summed E-state index contributed by atoms with van der Waals surface area (Å²) in [6.45, 7) is 6.55. The molecule has 0 aliphatic rings. The van der Waals surface area contributed by atoms with Crippen LogP contribution in [0.3, 0.4) is 0 Å². The zero-order valence-electron chi connectivity index (χ0n) is 23.0. The molecule has 0 bridgehead atoms. The van der Waals surface area contributed by atoms with E-state index < -0.39 is 42.1 Å². The first-order valence-corrected chi connectivity index (χ1v) is 13.2. The Hall–Kier alpha value is -4.35. The lowest BCUT2D eigenvalue weighted by molar-refractivity contribution is -0.140. The molecule has 3 rings (SSSR count). The third kappa shape index (κ3) is 8.32. The Kier molecular flexibility index (Phi) is 10.3. The number of nitriles is 1. The largest absolute Gasteiger partial charge is 0.444 e. The average molecular weight is 561 g/mol.